The lowest BCUT2D eigenvalue weighted by Crippen LogP contribution is -2.21. The molecule has 0 aromatic carbocycles. The lowest BCUT2D eigenvalue weighted by Gasteiger charge is -2.00. The Balaban J connectivity index is 2.59. The summed E-state index contributed by atoms with van der Waals surface area (Å²) in [5, 5.41) is 3.05. The van der Waals surface area contributed by atoms with E-state index in [2.05, 4.69) is 10.3 Å². The van der Waals surface area contributed by atoms with Crippen LogP contribution in [0.1, 0.15) is 12.6 Å². The number of thiocarbonyl (C=S) groups is 1. The smallest absolute Gasteiger partial charge is 0.123 e. The van der Waals surface area contributed by atoms with Gasteiger partial charge in [0.05, 0.1) is 5.69 Å². The quantitative estimate of drug-likeness (QED) is 0.628. The molecule has 0 spiro atoms. The molecule has 0 radical (unpaired) electrons. The van der Waals surface area contributed by atoms with Crippen molar-refractivity contribution in [2.75, 3.05) is 6.54 Å². The highest BCUT2D eigenvalue weighted by Crippen LogP contribution is 1.94. The van der Waals surface area contributed by atoms with Gasteiger partial charge in [0.2, 0.25) is 0 Å². The summed E-state index contributed by atoms with van der Waals surface area (Å²) in [6.45, 7) is 2.90. The Bertz CT molecular complexity index is 203. The third kappa shape index (κ3) is 1.57. The molecule has 1 aromatic heterocycles. The molecule has 0 saturated carbocycles. The van der Waals surface area contributed by atoms with Gasteiger partial charge in [0.1, 0.15) is 4.99 Å². The van der Waals surface area contributed by atoms with Gasteiger partial charge in [-0.2, -0.15) is 0 Å². The average Bonchev–Trinajstić information content (AvgIpc) is 2.38. The summed E-state index contributed by atoms with van der Waals surface area (Å²) in [7, 11) is 0. The highest BCUT2D eigenvalue weighted by atomic mass is 32.1. The molecule has 0 saturated heterocycles. The highest BCUT2D eigenvalue weighted by molar-refractivity contribution is 7.80. The Morgan fingerprint density at radius 2 is 2.60 bits per heavy atom. The van der Waals surface area contributed by atoms with Gasteiger partial charge in [0.25, 0.3) is 0 Å². The largest absolute Gasteiger partial charge is 0.375 e. The minimum absolute atomic E-state index is 0.785. The summed E-state index contributed by atoms with van der Waals surface area (Å²) < 4.78 is 0. The van der Waals surface area contributed by atoms with Gasteiger partial charge in [-0.15, -0.1) is 0 Å². The minimum Gasteiger partial charge on any atom is -0.375 e. The molecule has 2 N–H and O–H groups in total. The topological polar surface area (TPSA) is 27.8 Å². The summed E-state index contributed by atoms with van der Waals surface area (Å²) in [4.78, 5) is 3.80. The second-order valence-electron chi connectivity index (χ2n) is 1.94. The SMILES string of the molecule is CCNC(=S)c1ccc[nH]1. The molecule has 2 nitrogen and oxygen atoms in total. The zero-order valence-corrected chi connectivity index (χ0v) is 6.66. The van der Waals surface area contributed by atoms with E-state index in [0.29, 0.717) is 0 Å². The van der Waals surface area contributed by atoms with Crippen LogP contribution in [0.15, 0.2) is 18.3 Å². The van der Waals surface area contributed by atoms with Crippen LogP contribution >= 0.6 is 12.2 Å². The molecule has 1 rings (SSSR count). The highest BCUT2D eigenvalue weighted by Gasteiger charge is 1.96. The fourth-order valence-corrected chi connectivity index (χ4v) is 0.999. The first-order valence-corrected chi connectivity index (χ1v) is 3.67. The Labute approximate surface area is 65.6 Å². The number of aromatic amines is 1. The van der Waals surface area contributed by atoms with Gasteiger partial charge in [0, 0.05) is 12.7 Å². The molecule has 1 heterocycles. The molecule has 1 aromatic rings. The van der Waals surface area contributed by atoms with Crippen molar-refractivity contribution in [2.45, 2.75) is 6.92 Å². The fourth-order valence-electron chi connectivity index (χ4n) is 0.727. The molecule has 54 valence electrons. The summed E-state index contributed by atoms with van der Waals surface area (Å²) in [5.41, 5.74) is 0.983. The van der Waals surface area contributed by atoms with E-state index < -0.39 is 0 Å². The van der Waals surface area contributed by atoms with Gasteiger partial charge in [-0.05, 0) is 19.1 Å². The second-order valence-corrected chi connectivity index (χ2v) is 2.35. The van der Waals surface area contributed by atoms with Gasteiger partial charge in [-0.1, -0.05) is 12.2 Å². The number of hydrogen-bond donors (Lipinski definition) is 2. The maximum Gasteiger partial charge on any atom is 0.123 e. The standard InChI is InChI=1S/C7H10N2S/c1-2-8-7(10)6-4-3-5-9-6/h3-5,9H,2H2,1H3,(H,8,10). The Hall–Kier alpha value is -0.830. The van der Waals surface area contributed by atoms with E-state index in [1.807, 2.05) is 25.3 Å². The van der Waals surface area contributed by atoms with Crippen LogP contribution in [-0.2, 0) is 0 Å². The number of nitrogens with one attached hydrogen (secondary N) is 2. The van der Waals surface area contributed by atoms with Crippen molar-refractivity contribution < 1.29 is 0 Å². The predicted molar refractivity (Wildman–Crippen MR) is 46.2 cm³/mol. The maximum absolute atomic E-state index is 5.03. The minimum atomic E-state index is 0.785. The molecule has 0 atom stereocenters. The van der Waals surface area contributed by atoms with Gasteiger partial charge < -0.3 is 10.3 Å². The number of H-pyrrole nitrogens is 1. The van der Waals surface area contributed by atoms with Crippen molar-refractivity contribution in [2.24, 2.45) is 0 Å². The zero-order chi connectivity index (χ0) is 7.40. The first kappa shape index (κ1) is 7.28. The molecule has 0 unspecified atom stereocenters. The molecule has 0 amide bonds. The van der Waals surface area contributed by atoms with Crippen LogP contribution in [0.4, 0.5) is 0 Å². The van der Waals surface area contributed by atoms with E-state index in [0.717, 1.165) is 17.2 Å². The van der Waals surface area contributed by atoms with E-state index in [-0.39, 0.29) is 0 Å². The lowest BCUT2D eigenvalue weighted by molar-refractivity contribution is 0.978. The van der Waals surface area contributed by atoms with Crippen LogP contribution in [0.25, 0.3) is 0 Å². The first-order chi connectivity index (χ1) is 4.84. The number of rotatable bonds is 2. The van der Waals surface area contributed by atoms with Crippen molar-refractivity contribution in [3.63, 3.8) is 0 Å². The summed E-state index contributed by atoms with van der Waals surface area (Å²) >= 11 is 5.03. The molecular formula is C7H10N2S. The third-order valence-electron chi connectivity index (χ3n) is 1.18. The van der Waals surface area contributed by atoms with Crippen molar-refractivity contribution in [3.05, 3.63) is 24.0 Å². The molecule has 3 heteroatoms. The lowest BCUT2D eigenvalue weighted by atomic mass is 10.4. The third-order valence-corrected chi connectivity index (χ3v) is 1.54. The molecule has 0 aliphatic carbocycles. The molecule has 0 fully saturated rings. The Morgan fingerprint density at radius 3 is 3.10 bits per heavy atom. The Kier molecular flexibility index (Phi) is 2.45. The van der Waals surface area contributed by atoms with Crippen molar-refractivity contribution in [3.8, 4) is 0 Å². The predicted octanol–water partition coefficient (Wildman–Crippen LogP) is 1.30. The van der Waals surface area contributed by atoms with Crippen LogP contribution in [-0.4, -0.2) is 16.5 Å². The summed E-state index contributed by atoms with van der Waals surface area (Å²) in [5.74, 6) is 0. The van der Waals surface area contributed by atoms with E-state index in [1.165, 1.54) is 0 Å². The number of aromatic nitrogens is 1. The monoisotopic (exact) mass is 154 g/mol. The molecule has 0 bridgehead atoms. The van der Waals surface area contributed by atoms with Gasteiger partial charge in [-0.25, -0.2) is 0 Å². The zero-order valence-electron chi connectivity index (χ0n) is 5.85. The molecular weight excluding hydrogens is 144 g/mol. The van der Waals surface area contributed by atoms with E-state index in [1.54, 1.807) is 0 Å². The van der Waals surface area contributed by atoms with E-state index >= 15 is 0 Å². The first-order valence-electron chi connectivity index (χ1n) is 3.26. The van der Waals surface area contributed by atoms with Crippen LogP contribution in [0.3, 0.4) is 0 Å². The number of hydrogen-bond acceptors (Lipinski definition) is 1. The Morgan fingerprint density at radius 1 is 1.80 bits per heavy atom. The second kappa shape index (κ2) is 3.37. The average molecular weight is 154 g/mol. The maximum atomic E-state index is 5.03. The molecule has 0 aliphatic heterocycles. The van der Waals surface area contributed by atoms with Crippen LogP contribution in [0.5, 0.6) is 0 Å². The van der Waals surface area contributed by atoms with Crippen LogP contribution in [0, 0.1) is 0 Å². The summed E-state index contributed by atoms with van der Waals surface area (Å²) in [6, 6.07) is 3.88. The van der Waals surface area contributed by atoms with Gasteiger partial charge in [0.15, 0.2) is 0 Å². The van der Waals surface area contributed by atoms with E-state index in [4.69, 9.17) is 12.2 Å². The van der Waals surface area contributed by atoms with Gasteiger partial charge >= 0.3 is 0 Å². The van der Waals surface area contributed by atoms with Gasteiger partial charge in [-0.3, -0.25) is 0 Å². The molecule has 10 heavy (non-hydrogen) atoms. The van der Waals surface area contributed by atoms with Crippen molar-refractivity contribution in [1.82, 2.24) is 10.3 Å². The summed E-state index contributed by atoms with van der Waals surface area (Å²) in [6.07, 6.45) is 1.86. The molecule has 0 aliphatic rings. The normalized spacial score (nSPS) is 9.30. The van der Waals surface area contributed by atoms with E-state index in [9.17, 15) is 0 Å². The van der Waals surface area contributed by atoms with Crippen LogP contribution in [0.2, 0.25) is 0 Å². The van der Waals surface area contributed by atoms with Crippen molar-refractivity contribution >= 4 is 17.2 Å². The van der Waals surface area contributed by atoms with Crippen LogP contribution < -0.4 is 5.32 Å². The van der Waals surface area contributed by atoms with Crippen molar-refractivity contribution in [1.29, 1.82) is 0 Å². The fraction of sp³-hybridized carbons (Fsp3) is 0.286.